The third kappa shape index (κ3) is 3.30. The summed E-state index contributed by atoms with van der Waals surface area (Å²) in [6, 6.07) is 0.287. The number of nitrogens with zero attached hydrogens (tertiary/aromatic N) is 2. The van der Waals surface area contributed by atoms with Gasteiger partial charge in [0.25, 0.3) is 0 Å². The van der Waals surface area contributed by atoms with Crippen LogP contribution in [-0.4, -0.2) is 22.0 Å². The lowest BCUT2D eigenvalue weighted by Crippen LogP contribution is -2.21. The normalized spacial score (nSPS) is 12.7. The van der Waals surface area contributed by atoms with Crippen molar-refractivity contribution in [1.29, 1.82) is 0 Å². The highest BCUT2D eigenvalue weighted by molar-refractivity contribution is 5.01. The Morgan fingerprint density at radius 3 is 3.00 bits per heavy atom. The zero-order chi connectivity index (χ0) is 10.4. The minimum absolute atomic E-state index is 0.287. The Bertz CT molecular complexity index is 266. The number of hydrogen-bond acceptors (Lipinski definition) is 3. The molecule has 4 nitrogen and oxygen atoms in total. The Balaban J connectivity index is 2.51. The van der Waals surface area contributed by atoms with Crippen LogP contribution in [0.2, 0.25) is 0 Å². The Kier molecular flexibility index (Phi) is 4.32. The maximum atomic E-state index is 4.08. The number of H-pyrrole nitrogens is 1. The van der Waals surface area contributed by atoms with E-state index in [1.165, 1.54) is 5.57 Å². The molecule has 2 N–H and O–H groups in total. The van der Waals surface area contributed by atoms with Gasteiger partial charge in [0.05, 0.1) is 17.9 Å². The fraction of sp³-hybridized carbons (Fsp3) is 0.600. The molecule has 0 aliphatic rings. The van der Waals surface area contributed by atoms with E-state index < -0.39 is 0 Å². The SMILES string of the molecule is C=C(C)CCC(NCC)c1cn[nH]n1. The Labute approximate surface area is 84.8 Å². The molecule has 0 saturated heterocycles. The van der Waals surface area contributed by atoms with Gasteiger partial charge in [0.15, 0.2) is 0 Å². The van der Waals surface area contributed by atoms with Crippen molar-refractivity contribution in [2.45, 2.75) is 32.7 Å². The Morgan fingerprint density at radius 1 is 1.71 bits per heavy atom. The molecule has 0 aromatic carbocycles. The minimum atomic E-state index is 0.287. The van der Waals surface area contributed by atoms with Crippen LogP contribution < -0.4 is 5.32 Å². The molecule has 0 radical (unpaired) electrons. The number of nitrogens with one attached hydrogen (secondary N) is 2. The van der Waals surface area contributed by atoms with Gasteiger partial charge in [-0.25, -0.2) is 0 Å². The molecule has 0 aliphatic heterocycles. The quantitative estimate of drug-likeness (QED) is 0.679. The topological polar surface area (TPSA) is 53.6 Å². The second-order valence-corrected chi connectivity index (χ2v) is 3.50. The van der Waals surface area contributed by atoms with Crippen molar-refractivity contribution in [3.63, 3.8) is 0 Å². The number of aromatic nitrogens is 3. The number of aromatic amines is 1. The van der Waals surface area contributed by atoms with Crippen LogP contribution >= 0.6 is 0 Å². The molecular weight excluding hydrogens is 176 g/mol. The zero-order valence-corrected chi connectivity index (χ0v) is 8.88. The smallest absolute Gasteiger partial charge is 0.0993 e. The van der Waals surface area contributed by atoms with Crippen LogP contribution in [0.5, 0.6) is 0 Å². The van der Waals surface area contributed by atoms with Gasteiger partial charge in [0, 0.05) is 0 Å². The first-order valence-corrected chi connectivity index (χ1v) is 4.97. The molecule has 14 heavy (non-hydrogen) atoms. The molecule has 0 spiro atoms. The average Bonchev–Trinajstić information content (AvgIpc) is 2.64. The summed E-state index contributed by atoms with van der Waals surface area (Å²) >= 11 is 0. The van der Waals surface area contributed by atoms with E-state index in [0.29, 0.717) is 0 Å². The van der Waals surface area contributed by atoms with Crippen molar-refractivity contribution in [3.8, 4) is 0 Å². The molecule has 0 fully saturated rings. The molecular formula is C10H18N4. The van der Waals surface area contributed by atoms with E-state index >= 15 is 0 Å². The average molecular weight is 194 g/mol. The predicted molar refractivity (Wildman–Crippen MR) is 56.8 cm³/mol. The van der Waals surface area contributed by atoms with E-state index in [-0.39, 0.29) is 6.04 Å². The molecule has 1 aromatic heterocycles. The molecule has 1 unspecified atom stereocenters. The van der Waals surface area contributed by atoms with Gasteiger partial charge < -0.3 is 5.32 Å². The highest BCUT2D eigenvalue weighted by Crippen LogP contribution is 2.17. The fourth-order valence-electron chi connectivity index (χ4n) is 1.37. The molecule has 0 aliphatic carbocycles. The first-order chi connectivity index (χ1) is 6.74. The third-order valence-corrected chi connectivity index (χ3v) is 2.10. The lowest BCUT2D eigenvalue weighted by atomic mass is 10.1. The van der Waals surface area contributed by atoms with E-state index in [2.05, 4.69) is 34.2 Å². The minimum Gasteiger partial charge on any atom is -0.309 e. The van der Waals surface area contributed by atoms with Gasteiger partial charge in [-0.05, 0) is 26.3 Å². The summed E-state index contributed by atoms with van der Waals surface area (Å²) < 4.78 is 0. The van der Waals surface area contributed by atoms with Gasteiger partial charge in [0.2, 0.25) is 0 Å². The van der Waals surface area contributed by atoms with Crippen molar-refractivity contribution >= 4 is 0 Å². The predicted octanol–water partition coefficient (Wildman–Crippen LogP) is 1.81. The highest BCUT2D eigenvalue weighted by Gasteiger charge is 2.12. The summed E-state index contributed by atoms with van der Waals surface area (Å²) in [6.45, 7) is 8.97. The first-order valence-electron chi connectivity index (χ1n) is 4.97. The van der Waals surface area contributed by atoms with Gasteiger partial charge in [-0.1, -0.05) is 12.5 Å². The van der Waals surface area contributed by atoms with E-state index in [4.69, 9.17) is 0 Å². The van der Waals surface area contributed by atoms with Crippen LogP contribution in [0.25, 0.3) is 0 Å². The maximum absolute atomic E-state index is 4.08. The van der Waals surface area contributed by atoms with Gasteiger partial charge in [-0.3, -0.25) is 0 Å². The molecule has 1 rings (SSSR count). The van der Waals surface area contributed by atoms with Crippen molar-refractivity contribution < 1.29 is 0 Å². The summed E-state index contributed by atoms with van der Waals surface area (Å²) in [6.07, 6.45) is 3.81. The van der Waals surface area contributed by atoms with Crippen molar-refractivity contribution in [2.75, 3.05) is 6.54 Å². The second kappa shape index (κ2) is 5.54. The first kappa shape index (κ1) is 10.9. The van der Waals surface area contributed by atoms with Crippen LogP contribution in [-0.2, 0) is 0 Å². The molecule has 0 bridgehead atoms. The molecule has 0 saturated carbocycles. The zero-order valence-electron chi connectivity index (χ0n) is 8.88. The van der Waals surface area contributed by atoms with Crippen LogP contribution in [0.15, 0.2) is 18.3 Å². The molecule has 1 aromatic rings. The maximum Gasteiger partial charge on any atom is 0.0993 e. The van der Waals surface area contributed by atoms with E-state index in [0.717, 1.165) is 25.1 Å². The molecule has 1 atom stereocenters. The number of rotatable bonds is 6. The summed E-state index contributed by atoms with van der Waals surface area (Å²) in [5, 5.41) is 13.9. The number of allylic oxidation sites excluding steroid dienone is 1. The fourth-order valence-corrected chi connectivity index (χ4v) is 1.37. The summed E-state index contributed by atoms with van der Waals surface area (Å²) in [5.41, 5.74) is 2.18. The summed E-state index contributed by atoms with van der Waals surface area (Å²) in [7, 11) is 0. The highest BCUT2D eigenvalue weighted by atomic mass is 15.3. The monoisotopic (exact) mass is 194 g/mol. The van der Waals surface area contributed by atoms with Gasteiger partial charge in [0.1, 0.15) is 0 Å². The van der Waals surface area contributed by atoms with Crippen LogP contribution in [0.4, 0.5) is 0 Å². The molecule has 0 amide bonds. The summed E-state index contributed by atoms with van der Waals surface area (Å²) in [5.74, 6) is 0. The second-order valence-electron chi connectivity index (χ2n) is 3.50. The number of hydrogen-bond donors (Lipinski definition) is 2. The Hall–Kier alpha value is -1.16. The van der Waals surface area contributed by atoms with Gasteiger partial charge in [-0.2, -0.15) is 15.4 Å². The van der Waals surface area contributed by atoms with Crippen LogP contribution in [0.3, 0.4) is 0 Å². The third-order valence-electron chi connectivity index (χ3n) is 2.10. The van der Waals surface area contributed by atoms with E-state index in [1.807, 2.05) is 6.92 Å². The van der Waals surface area contributed by atoms with Gasteiger partial charge >= 0.3 is 0 Å². The molecule has 1 heterocycles. The van der Waals surface area contributed by atoms with Crippen molar-refractivity contribution in [1.82, 2.24) is 20.7 Å². The standard InChI is InChI=1S/C10H18N4/c1-4-11-9(6-5-8(2)3)10-7-12-14-13-10/h7,9,11H,2,4-6H2,1,3H3,(H,12,13,14). The van der Waals surface area contributed by atoms with Crippen molar-refractivity contribution in [3.05, 3.63) is 24.0 Å². The largest absolute Gasteiger partial charge is 0.309 e. The van der Waals surface area contributed by atoms with Crippen LogP contribution in [0.1, 0.15) is 38.4 Å². The Morgan fingerprint density at radius 2 is 2.50 bits per heavy atom. The van der Waals surface area contributed by atoms with E-state index in [1.54, 1.807) is 6.20 Å². The van der Waals surface area contributed by atoms with Crippen LogP contribution in [0, 0.1) is 0 Å². The lowest BCUT2D eigenvalue weighted by Gasteiger charge is -2.14. The van der Waals surface area contributed by atoms with Gasteiger partial charge in [-0.15, -0.1) is 6.58 Å². The van der Waals surface area contributed by atoms with Crippen molar-refractivity contribution in [2.24, 2.45) is 0 Å². The van der Waals surface area contributed by atoms with E-state index in [9.17, 15) is 0 Å². The molecule has 78 valence electrons. The lowest BCUT2D eigenvalue weighted by molar-refractivity contribution is 0.502. The summed E-state index contributed by atoms with van der Waals surface area (Å²) in [4.78, 5) is 0. The molecule has 4 heteroatoms.